The number of hydrogen-bond acceptors (Lipinski definition) is 1. The van der Waals surface area contributed by atoms with Crippen LogP contribution >= 0.6 is 0 Å². The lowest BCUT2D eigenvalue weighted by Crippen LogP contribution is -2.31. The van der Waals surface area contributed by atoms with Gasteiger partial charge in [0, 0.05) is 5.41 Å². The maximum absolute atomic E-state index is 11.2. The van der Waals surface area contributed by atoms with E-state index in [-0.39, 0.29) is 5.41 Å². The van der Waals surface area contributed by atoms with Crippen LogP contribution in [0.5, 0.6) is 0 Å². The molecule has 0 aliphatic heterocycles. The van der Waals surface area contributed by atoms with Crippen LogP contribution in [0.1, 0.15) is 54.0 Å². The molecule has 0 bridgehead atoms. The normalized spacial score (nSPS) is 18.6. The van der Waals surface area contributed by atoms with Gasteiger partial charge in [-0.05, 0) is 43.4 Å². The number of aryl methyl sites for hydroxylation is 2. The molecule has 1 heteroatoms. The topological polar surface area (TPSA) is 20.2 Å². The van der Waals surface area contributed by atoms with Gasteiger partial charge in [-0.2, -0.15) is 0 Å². The minimum absolute atomic E-state index is 0.111. The summed E-state index contributed by atoms with van der Waals surface area (Å²) < 4.78 is 0. The predicted molar refractivity (Wildman–Crippen MR) is 87.5 cm³/mol. The van der Waals surface area contributed by atoms with E-state index in [1.165, 1.54) is 29.5 Å². The molecule has 0 aromatic heterocycles. The van der Waals surface area contributed by atoms with E-state index in [9.17, 15) is 5.11 Å². The second-order valence-corrected chi connectivity index (χ2v) is 6.49. The molecule has 3 rings (SSSR count). The summed E-state index contributed by atoms with van der Waals surface area (Å²) in [5.41, 5.74) is 4.68. The summed E-state index contributed by atoms with van der Waals surface area (Å²) in [6.45, 7) is 4.20. The molecule has 1 fully saturated rings. The second-order valence-electron chi connectivity index (χ2n) is 6.49. The number of rotatable bonds is 3. The maximum Gasteiger partial charge on any atom is 0.0889 e. The van der Waals surface area contributed by atoms with Gasteiger partial charge in [-0.1, -0.05) is 66.9 Å². The van der Waals surface area contributed by atoms with Gasteiger partial charge in [-0.25, -0.2) is 0 Å². The van der Waals surface area contributed by atoms with Gasteiger partial charge in [-0.15, -0.1) is 0 Å². The van der Waals surface area contributed by atoms with Crippen LogP contribution in [0.25, 0.3) is 0 Å². The average Bonchev–Trinajstić information content (AvgIpc) is 3.01. The Kier molecular flexibility index (Phi) is 3.86. The highest BCUT2D eigenvalue weighted by Crippen LogP contribution is 2.50. The van der Waals surface area contributed by atoms with E-state index in [1.807, 2.05) is 0 Å². The quantitative estimate of drug-likeness (QED) is 0.852. The van der Waals surface area contributed by atoms with Crippen molar-refractivity contribution in [1.82, 2.24) is 0 Å². The van der Waals surface area contributed by atoms with Gasteiger partial charge < -0.3 is 5.11 Å². The Morgan fingerprint density at radius 3 is 2.29 bits per heavy atom. The molecule has 1 aliphatic rings. The summed E-state index contributed by atoms with van der Waals surface area (Å²) in [6, 6.07) is 17.0. The van der Waals surface area contributed by atoms with Crippen LogP contribution in [0.15, 0.2) is 48.5 Å². The first kappa shape index (κ1) is 14.3. The fourth-order valence-corrected chi connectivity index (χ4v) is 3.85. The van der Waals surface area contributed by atoms with Gasteiger partial charge in [0.15, 0.2) is 0 Å². The number of aliphatic hydroxyl groups is 1. The SMILES string of the molecule is Cc1ccc(C)c(C(O)C2(c3ccccc3)CCCC2)c1. The van der Waals surface area contributed by atoms with Crippen molar-refractivity contribution in [3.05, 3.63) is 70.8 Å². The Bertz CT molecular complexity index is 609. The zero-order valence-corrected chi connectivity index (χ0v) is 13.0. The van der Waals surface area contributed by atoms with Gasteiger partial charge in [0.2, 0.25) is 0 Å². The molecule has 110 valence electrons. The Hall–Kier alpha value is -1.60. The molecule has 21 heavy (non-hydrogen) atoms. The molecule has 0 heterocycles. The number of aliphatic hydroxyl groups excluding tert-OH is 1. The van der Waals surface area contributed by atoms with Crippen LogP contribution in [0.2, 0.25) is 0 Å². The largest absolute Gasteiger partial charge is 0.387 e. The summed E-state index contributed by atoms with van der Waals surface area (Å²) >= 11 is 0. The lowest BCUT2D eigenvalue weighted by Gasteiger charge is -2.36. The standard InChI is InChI=1S/C20H24O/c1-15-10-11-16(2)18(14-15)19(21)20(12-6-7-13-20)17-8-4-3-5-9-17/h3-5,8-11,14,19,21H,6-7,12-13H2,1-2H3. The lowest BCUT2D eigenvalue weighted by atomic mass is 9.71. The molecule has 2 aromatic carbocycles. The van der Waals surface area contributed by atoms with Crippen LogP contribution in [-0.4, -0.2) is 5.11 Å². The highest BCUT2D eigenvalue weighted by molar-refractivity contribution is 5.38. The Labute approximate surface area is 127 Å². The van der Waals surface area contributed by atoms with Crippen molar-refractivity contribution < 1.29 is 5.11 Å². The highest BCUT2D eigenvalue weighted by atomic mass is 16.3. The predicted octanol–water partition coefficient (Wildman–Crippen LogP) is 4.85. The minimum Gasteiger partial charge on any atom is -0.387 e. The van der Waals surface area contributed by atoms with Crippen molar-refractivity contribution in [2.45, 2.75) is 51.0 Å². The van der Waals surface area contributed by atoms with Crippen molar-refractivity contribution in [3.63, 3.8) is 0 Å². The van der Waals surface area contributed by atoms with Gasteiger partial charge in [0.25, 0.3) is 0 Å². The smallest absolute Gasteiger partial charge is 0.0889 e. The molecule has 0 spiro atoms. The molecule has 0 radical (unpaired) electrons. The summed E-state index contributed by atoms with van der Waals surface area (Å²) in [5, 5.41) is 11.2. The fraction of sp³-hybridized carbons (Fsp3) is 0.400. The van der Waals surface area contributed by atoms with E-state index in [4.69, 9.17) is 0 Å². The van der Waals surface area contributed by atoms with Gasteiger partial charge in [0.05, 0.1) is 6.10 Å². The molecule has 0 amide bonds. The molecule has 1 unspecified atom stereocenters. The molecule has 1 saturated carbocycles. The monoisotopic (exact) mass is 280 g/mol. The first-order valence-corrected chi connectivity index (χ1v) is 7.94. The van der Waals surface area contributed by atoms with Gasteiger partial charge in [0.1, 0.15) is 0 Å². The van der Waals surface area contributed by atoms with Crippen molar-refractivity contribution in [1.29, 1.82) is 0 Å². The van der Waals surface area contributed by atoms with Gasteiger partial charge in [-0.3, -0.25) is 0 Å². The zero-order chi connectivity index (χ0) is 14.9. The van der Waals surface area contributed by atoms with E-state index < -0.39 is 6.10 Å². The average molecular weight is 280 g/mol. The molecule has 1 aliphatic carbocycles. The van der Waals surface area contributed by atoms with E-state index in [0.29, 0.717) is 0 Å². The summed E-state index contributed by atoms with van der Waals surface area (Å²) in [6.07, 6.45) is 4.15. The Morgan fingerprint density at radius 2 is 1.62 bits per heavy atom. The summed E-state index contributed by atoms with van der Waals surface area (Å²) in [5.74, 6) is 0. The third-order valence-corrected chi connectivity index (χ3v) is 5.10. The highest BCUT2D eigenvalue weighted by Gasteiger charge is 2.43. The molecule has 1 nitrogen and oxygen atoms in total. The minimum atomic E-state index is -0.415. The van der Waals surface area contributed by atoms with Crippen molar-refractivity contribution >= 4 is 0 Å². The fourth-order valence-electron chi connectivity index (χ4n) is 3.85. The van der Waals surface area contributed by atoms with Crippen LogP contribution in [0.4, 0.5) is 0 Å². The van der Waals surface area contributed by atoms with Crippen LogP contribution in [-0.2, 0) is 5.41 Å². The van der Waals surface area contributed by atoms with Crippen molar-refractivity contribution in [2.75, 3.05) is 0 Å². The Balaban J connectivity index is 2.07. The molecule has 1 atom stereocenters. The van der Waals surface area contributed by atoms with E-state index in [0.717, 1.165) is 18.4 Å². The molecular formula is C20H24O. The summed E-state index contributed by atoms with van der Waals surface area (Å²) in [4.78, 5) is 0. The van der Waals surface area contributed by atoms with Crippen molar-refractivity contribution in [2.24, 2.45) is 0 Å². The second kappa shape index (κ2) is 5.65. The third-order valence-electron chi connectivity index (χ3n) is 5.10. The Morgan fingerprint density at radius 1 is 0.952 bits per heavy atom. The zero-order valence-electron chi connectivity index (χ0n) is 13.0. The third kappa shape index (κ3) is 2.51. The molecular weight excluding hydrogens is 256 g/mol. The van der Waals surface area contributed by atoms with E-state index in [1.54, 1.807) is 0 Å². The first-order valence-electron chi connectivity index (χ1n) is 7.94. The molecule has 0 saturated heterocycles. The maximum atomic E-state index is 11.2. The van der Waals surface area contributed by atoms with E-state index in [2.05, 4.69) is 62.4 Å². The van der Waals surface area contributed by atoms with Crippen LogP contribution < -0.4 is 0 Å². The summed E-state index contributed by atoms with van der Waals surface area (Å²) in [7, 11) is 0. The van der Waals surface area contributed by atoms with E-state index >= 15 is 0 Å². The van der Waals surface area contributed by atoms with Gasteiger partial charge >= 0.3 is 0 Å². The van der Waals surface area contributed by atoms with Crippen molar-refractivity contribution in [3.8, 4) is 0 Å². The first-order chi connectivity index (χ1) is 10.1. The number of hydrogen-bond donors (Lipinski definition) is 1. The molecule has 1 N–H and O–H groups in total. The lowest BCUT2D eigenvalue weighted by molar-refractivity contribution is 0.0816. The number of benzene rings is 2. The molecule has 2 aromatic rings. The van der Waals surface area contributed by atoms with Crippen LogP contribution in [0.3, 0.4) is 0 Å². The van der Waals surface area contributed by atoms with Crippen LogP contribution in [0, 0.1) is 13.8 Å².